The van der Waals surface area contributed by atoms with Crippen LogP contribution in [0.1, 0.15) is 22.5 Å². The summed E-state index contributed by atoms with van der Waals surface area (Å²) in [5, 5.41) is 10.3. The number of carboxylic acid groups (broad SMARTS) is 1. The third kappa shape index (κ3) is 5.00. The molecular formula is C13H18N2O4S. The number of nitrogens with zero attached hydrogens (tertiary/aromatic N) is 2. The highest BCUT2D eigenvalue weighted by Crippen LogP contribution is 2.11. The van der Waals surface area contributed by atoms with E-state index in [9.17, 15) is 14.4 Å². The predicted molar refractivity (Wildman–Crippen MR) is 75.8 cm³/mol. The highest BCUT2D eigenvalue weighted by molar-refractivity contribution is 7.12. The molecule has 0 aromatic carbocycles. The third-order valence-corrected chi connectivity index (χ3v) is 3.62. The number of thiophene rings is 1. The first kappa shape index (κ1) is 16.2. The molecule has 2 amide bonds. The number of rotatable bonds is 7. The lowest BCUT2D eigenvalue weighted by atomic mass is 10.3. The van der Waals surface area contributed by atoms with E-state index < -0.39 is 5.97 Å². The van der Waals surface area contributed by atoms with Crippen molar-refractivity contribution in [1.29, 1.82) is 0 Å². The molecule has 0 aliphatic carbocycles. The molecule has 0 fully saturated rings. The molecule has 1 N–H and O–H groups in total. The van der Waals surface area contributed by atoms with E-state index in [4.69, 9.17) is 5.11 Å². The van der Waals surface area contributed by atoms with Crippen LogP contribution in [0.25, 0.3) is 0 Å². The van der Waals surface area contributed by atoms with E-state index in [1.165, 1.54) is 21.1 Å². The Hall–Kier alpha value is -1.89. The fourth-order valence-electron chi connectivity index (χ4n) is 1.58. The Morgan fingerprint density at radius 3 is 2.50 bits per heavy atom. The van der Waals surface area contributed by atoms with Gasteiger partial charge in [0, 0.05) is 27.1 Å². The summed E-state index contributed by atoms with van der Waals surface area (Å²) in [5.41, 5.74) is 0. The lowest BCUT2D eigenvalue weighted by molar-refractivity contribution is -0.138. The highest BCUT2D eigenvalue weighted by atomic mass is 32.1. The molecule has 0 saturated carbocycles. The number of likely N-dealkylation sites (N-methyl/N-ethyl adjacent to an activating group) is 2. The molecule has 0 saturated heterocycles. The van der Waals surface area contributed by atoms with Crippen LogP contribution in [0.15, 0.2) is 17.5 Å². The Morgan fingerprint density at radius 2 is 1.95 bits per heavy atom. The zero-order valence-corrected chi connectivity index (χ0v) is 12.4. The van der Waals surface area contributed by atoms with Gasteiger partial charge in [0.1, 0.15) is 0 Å². The molecule has 7 heteroatoms. The summed E-state index contributed by atoms with van der Waals surface area (Å²) in [6.07, 6.45) is 0.432. The van der Waals surface area contributed by atoms with E-state index in [1.807, 2.05) is 0 Å². The lowest BCUT2D eigenvalue weighted by Gasteiger charge is -2.21. The monoisotopic (exact) mass is 298 g/mol. The van der Waals surface area contributed by atoms with Crippen LogP contribution in [-0.2, 0) is 9.59 Å². The fraction of sp³-hybridized carbons (Fsp3) is 0.462. The van der Waals surface area contributed by atoms with Crippen molar-refractivity contribution in [1.82, 2.24) is 9.80 Å². The maximum absolute atomic E-state index is 12.0. The zero-order chi connectivity index (χ0) is 15.1. The lowest BCUT2D eigenvalue weighted by Crippen LogP contribution is -2.39. The molecule has 1 aromatic rings. The summed E-state index contributed by atoms with van der Waals surface area (Å²) in [4.78, 5) is 37.6. The number of hydrogen-bond acceptors (Lipinski definition) is 4. The third-order valence-electron chi connectivity index (χ3n) is 2.76. The Balaban J connectivity index is 2.40. The van der Waals surface area contributed by atoms with Gasteiger partial charge in [0.05, 0.1) is 11.4 Å². The van der Waals surface area contributed by atoms with Gasteiger partial charge in [-0.05, 0) is 17.9 Å². The fourth-order valence-corrected chi connectivity index (χ4v) is 2.29. The van der Waals surface area contributed by atoms with E-state index in [2.05, 4.69) is 0 Å². The van der Waals surface area contributed by atoms with Gasteiger partial charge in [0.25, 0.3) is 5.91 Å². The van der Waals surface area contributed by atoms with Crippen molar-refractivity contribution in [2.45, 2.75) is 12.8 Å². The van der Waals surface area contributed by atoms with Crippen LogP contribution < -0.4 is 0 Å². The van der Waals surface area contributed by atoms with Crippen molar-refractivity contribution in [3.8, 4) is 0 Å². The van der Waals surface area contributed by atoms with Gasteiger partial charge in [0.15, 0.2) is 0 Å². The predicted octanol–water partition coefficient (Wildman–Crippen LogP) is 1.14. The summed E-state index contributed by atoms with van der Waals surface area (Å²) >= 11 is 1.33. The van der Waals surface area contributed by atoms with Crippen LogP contribution in [0.3, 0.4) is 0 Å². The Bertz CT molecular complexity index is 473. The van der Waals surface area contributed by atoms with Gasteiger partial charge in [-0.2, -0.15) is 0 Å². The molecule has 1 aromatic heterocycles. The number of aliphatic carboxylic acids is 1. The van der Waals surface area contributed by atoms with Crippen molar-refractivity contribution in [3.05, 3.63) is 22.4 Å². The molecule has 1 rings (SSSR count). The zero-order valence-electron chi connectivity index (χ0n) is 11.5. The van der Waals surface area contributed by atoms with Crippen LogP contribution in [0.5, 0.6) is 0 Å². The molecule has 0 atom stereocenters. The molecule has 0 bridgehead atoms. The first-order valence-corrected chi connectivity index (χ1v) is 7.04. The Morgan fingerprint density at radius 1 is 1.25 bits per heavy atom. The topological polar surface area (TPSA) is 77.9 Å². The average Bonchev–Trinajstić information content (AvgIpc) is 2.90. The summed E-state index contributed by atoms with van der Waals surface area (Å²) in [7, 11) is 3.18. The molecule has 20 heavy (non-hydrogen) atoms. The molecule has 0 radical (unpaired) electrons. The van der Waals surface area contributed by atoms with Gasteiger partial charge in [-0.25, -0.2) is 0 Å². The van der Waals surface area contributed by atoms with E-state index in [1.54, 1.807) is 31.6 Å². The van der Waals surface area contributed by atoms with E-state index in [0.29, 0.717) is 17.8 Å². The summed E-state index contributed by atoms with van der Waals surface area (Å²) in [6, 6.07) is 3.50. The van der Waals surface area contributed by atoms with Crippen molar-refractivity contribution in [2.75, 3.05) is 27.2 Å². The molecule has 0 aliphatic rings. The average molecular weight is 298 g/mol. The van der Waals surface area contributed by atoms with Crippen LogP contribution >= 0.6 is 11.3 Å². The van der Waals surface area contributed by atoms with E-state index in [-0.39, 0.29) is 24.8 Å². The quantitative estimate of drug-likeness (QED) is 0.819. The minimum absolute atomic E-state index is 0.0136. The normalized spacial score (nSPS) is 10.1. The van der Waals surface area contributed by atoms with Gasteiger partial charge >= 0.3 is 5.97 Å². The van der Waals surface area contributed by atoms with Crippen molar-refractivity contribution >= 4 is 29.1 Å². The van der Waals surface area contributed by atoms with E-state index in [0.717, 1.165) is 0 Å². The van der Waals surface area contributed by atoms with Gasteiger partial charge in [-0.3, -0.25) is 14.4 Å². The molecule has 0 spiro atoms. The second kappa shape index (κ2) is 7.64. The minimum Gasteiger partial charge on any atom is -0.481 e. The largest absolute Gasteiger partial charge is 0.481 e. The first-order chi connectivity index (χ1) is 9.41. The number of carbonyl (C=O) groups is 3. The first-order valence-electron chi connectivity index (χ1n) is 6.16. The summed E-state index contributed by atoms with van der Waals surface area (Å²) < 4.78 is 0. The maximum Gasteiger partial charge on any atom is 0.303 e. The maximum atomic E-state index is 12.0. The number of amides is 2. The van der Waals surface area contributed by atoms with Crippen molar-refractivity contribution in [3.63, 3.8) is 0 Å². The highest BCUT2D eigenvalue weighted by Gasteiger charge is 2.17. The Labute approximate surface area is 121 Å². The molecule has 0 unspecified atom stereocenters. The smallest absolute Gasteiger partial charge is 0.303 e. The van der Waals surface area contributed by atoms with Gasteiger partial charge in [-0.15, -0.1) is 11.3 Å². The van der Waals surface area contributed by atoms with Gasteiger partial charge in [-0.1, -0.05) is 6.07 Å². The second-order valence-electron chi connectivity index (χ2n) is 4.45. The summed E-state index contributed by atoms with van der Waals surface area (Å²) in [5.74, 6) is -1.27. The van der Waals surface area contributed by atoms with Crippen LogP contribution in [0.4, 0.5) is 0 Å². The van der Waals surface area contributed by atoms with E-state index >= 15 is 0 Å². The minimum atomic E-state index is -0.879. The SMILES string of the molecule is CN(CCCC(=O)O)C(=O)CN(C)C(=O)c1cccs1. The van der Waals surface area contributed by atoms with Crippen LogP contribution in [0, 0.1) is 0 Å². The molecule has 0 aliphatic heterocycles. The number of hydrogen-bond donors (Lipinski definition) is 1. The second-order valence-corrected chi connectivity index (χ2v) is 5.40. The molecular weight excluding hydrogens is 280 g/mol. The summed E-state index contributed by atoms with van der Waals surface area (Å²) in [6.45, 7) is 0.354. The Kier molecular flexibility index (Phi) is 6.17. The number of carbonyl (C=O) groups excluding carboxylic acids is 2. The standard InChI is InChI=1S/C13H18N2O4S/c1-14(7-3-6-12(17)18)11(16)9-15(2)13(19)10-5-4-8-20-10/h4-5,8H,3,6-7,9H2,1-2H3,(H,17,18). The molecule has 6 nitrogen and oxygen atoms in total. The van der Waals surface area contributed by atoms with Crippen LogP contribution in [0.2, 0.25) is 0 Å². The van der Waals surface area contributed by atoms with Crippen molar-refractivity contribution in [2.24, 2.45) is 0 Å². The van der Waals surface area contributed by atoms with Crippen molar-refractivity contribution < 1.29 is 19.5 Å². The van der Waals surface area contributed by atoms with Gasteiger partial charge < -0.3 is 14.9 Å². The van der Waals surface area contributed by atoms with Crippen LogP contribution in [-0.4, -0.2) is 59.9 Å². The molecule has 1 heterocycles. The van der Waals surface area contributed by atoms with Gasteiger partial charge in [0.2, 0.25) is 5.91 Å². The molecule has 110 valence electrons. The number of carboxylic acids is 1.